The predicted molar refractivity (Wildman–Crippen MR) is 60.9 cm³/mol. The van der Waals surface area contributed by atoms with Crippen molar-refractivity contribution in [1.29, 1.82) is 0 Å². The minimum atomic E-state index is 0.669. The van der Waals surface area contributed by atoms with Crippen molar-refractivity contribution in [2.45, 2.75) is 44.9 Å². The van der Waals surface area contributed by atoms with Crippen LogP contribution < -0.4 is 0 Å². The lowest BCUT2D eigenvalue weighted by Gasteiger charge is -2.25. The molecule has 1 aliphatic carbocycles. The largest absolute Gasteiger partial charge is 0.381 e. The van der Waals surface area contributed by atoms with Gasteiger partial charge in [-0.1, -0.05) is 19.3 Å². The third-order valence-corrected chi connectivity index (χ3v) is 3.69. The fourth-order valence-corrected chi connectivity index (χ4v) is 2.69. The summed E-state index contributed by atoms with van der Waals surface area (Å²) in [6.07, 6.45) is 9.57. The zero-order valence-electron chi connectivity index (χ0n) is 9.75. The first kappa shape index (κ1) is 11.4. The van der Waals surface area contributed by atoms with Gasteiger partial charge >= 0.3 is 0 Å². The number of hydrogen-bond donors (Lipinski definition) is 0. The molecule has 2 heteroatoms. The molecule has 1 aliphatic heterocycles. The van der Waals surface area contributed by atoms with Gasteiger partial charge in [-0.05, 0) is 31.6 Å². The van der Waals surface area contributed by atoms with Gasteiger partial charge in [-0.3, -0.25) is 0 Å². The standard InChI is InChI=1S/C13H24O2/c1-2-5-12(6-3-1)9-15-11-13-7-4-8-14-10-13/h12-13H,1-11H2/t13-/m0/s1. The van der Waals surface area contributed by atoms with Gasteiger partial charge in [0.25, 0.3) is 0 Å². The van der Waals surface area contributed by atoms with Crippen LogP contribution in [0.3, 0.4) is 0 Å². The van der Waals surface area contributed by atoms with Gasteiger partial charge in [0.2, 0.25) is 0 Å². The molecular formula is C13H24O2. The molecule has 15 heavy (non-hydrogen) atoms. The fraction of sp³-hybridized carbons (Fsp3) is 1.00. The SMILES string of the molecule is C1CCC(COC[C@H]2CCCOC2)CC1. The van der Waals surface area contributed by atoms with E-state index < -0.39 is 0 Å². The van der Waals surface area contributed by atoms with E-state index in [0.717, 1.165) is 32.3 Å². The molecule has 1 heterocycles. The van der Waals surface area contributed by atoms with Crippen molar-refractivity contribution in [3.63, 3.8) is 0 Å². The highest BCUT2D eigenvalue weighted by molar-refractivity contribution is 4.66. The van der Waals surface area contributed by atoms with Gasteiger partial charge < -0.3 is 9.47 Å². The highest BCUT2D eigenvalue weighted by atomic mass is 16.5. The quantitative estimate of drug-likeness (QED) is 0.713. The zero-order chi connectivity index (χ0) is 10.3. The second-order valence-electron chi connectivity index (χ2n) is 5.12. The zero-order valence-corrected chi connectivity index (χ0v) is 9.75. The third-order valence-electron chi connectivity index (χ3n) is 3.69. The Bertz CT molecular complexity index is 140. The molecule has 2 fully saturated rings. The molecule has 0 aromatic rings. The van der Waals surface area contributed by atoms with Gasteiger partial charge in [-0.2, -0.15) is 0 Å². The molecule has 1 atom stereocenters. The van der Waals surface area contributed by atoms with Gasteiger partial charge in [0.15, 0.2) is 0 Å². The molecule has 1 saturated carbocycles. The molecule has 88 valence electrons. The highest BCUT2D eigenvalue weighted by Crippen LogP contribution is 2.24. The molecular weight excluding hydrogens is 188 g/mol. The van der Waals surface area contributed by atoms with Crippen LogP contribution >= 0.6 is 0 Å². The lowest BCUT2D eigenvalue weighted by Crippen LogP contribution is -2.23. The van der Waals surface area contributed by atoms with E-state index in [1.807, 2.05) is 0 Å². The Labute approximate surface area is 93.3 Å². The predicted octanol–water partition coefficient (Wildman–Crippen LogP) is 3.01. The van der Waals surface area contributed by atoms with Crippen molar-refractivity contribution >= 4 is 0 Å². The molecule has 0 spiro atoms. The van der Waals surface area contributed by atoms with Crippen LogP contribution in [0, 0.1) is 11.8 Å². The van der Waals surface area contributed by atoms with Crippen LogP contribution in [0.2, 0.25) is 0 Å². The summed E-state index contributed by atoms with van der Waals surface area (Å²) in [4.78, 5) is 0. The second-order valence-corrected chi connectivity index (χ2v) is 5.12. The Morgan fingerprint density at radius 3 is 2.33 bits per heavy atom. The van der Waals surface area contributed by atoms with Crippen LogP contribution in [0.15, 0.2) is 0 Å². The van der Waals surface area contributed by atoms with Crippen LogP contribution in [0.5, 0.6) is 0 Å². The smallest absolute Gasteiger partial charge is 0.0516 e. The van der Waals surface area contributed by atoms with Crippen molar-refractivity contribution in [2.24, 2.45) is 11.8 Å². The van der Waals surface area contributed by atoms with E-state index in [2.05, 4.69) is 0 Å². The minimum Gasteiger partial charge on any atom is -0.381 e. The molecule has 0 radical (unpaired) electrons. The van der Waals surface area contributed by atoms with E-state index in [0.29, 0.717) is 5.92 Å². The summed E-state index contributed by atoms with van der Waals surface area (Å²) in [7, 11) is 0. The van der Waals surface area contributed by atoms with Crippen LogP contribution in [-0.4, -0.2) is 26.4 Å². The van der Waals surface area contributed by atoms with E-state index in [4.69, 9.17) is 9.47 Å². The monoisotopic (exact) mass is 212 g/mol. The van der Waals surface area contributed by atoms with Crippen molar-refractivity contribution in [3.05, 3.63) is 0 Å². The molecule has 2 nitrogen and oxygen atoms in total. The summed E-state index contributed by atoms with van der Waals surface area (Å²) < 4.78 is 11.3. The molecule has 0 amide bonds. The summed E-state index contributed by atoms with van der Waals surface area (Å²) in [5, 5.41) is 0. The van der Waals surface area contributed by atoms with Gasteiger partial charge in [0.1, 0.15) is 0 Å². The normalized spacial score (nSPS) is 29.2. The summed E-state index contributed by atoms with van der Waals surface area (Å²) in [5.74, 6) is 1.52. The molecule has 0 aromatic heterocycles. The van der Waals surface area contributed by atoms with Crippen molar-refractivity contribution in [3.8, 4) is 0 Å². The van der Waals surface area contributed by atoms with E-state index in [-0.39, 0.29) is 0 Å². The van der Waals surface area contributed by atoms with Gasteiger partial charge in [0.05, 0.1) is 13.2 Å². The van der Waals surface area contributed by atoms with Crippen molar-refractivity contribution in [1.82, 2.24) is 0 Å². The summed E-state index contributed by atoms with van der Waals surface area (Å²) in [6.45, 7) is 3.80. The van der Waals surface area contributed by atoms with Gasteiger partial charge in [-0.15, -0.1) is 0 Å². The lowest BCUT2D eigenvalue weighted by atomic mass is 9.90. The lowest BCUT2D eigenvalue weighted by molar-refractivity contribution is -0.00555. The van der Waals surface area contributed by atoms with Crippen molar-refractivity contribution < 1.29 is 9.47 Å². The van der Waals surface area contributed by atoms with Gasteiger partial charge in [0, 0.05) is 19.1 Å². The van der Waals surface area contributed by atoms with Crippen LogP contribution in [0.25, 0.3) is 0 Å². The molecule has 1 saturated heterocycles. The average molecular weight is 212 g/mol. The second kappa shape index (κ2) is 6.49. The number of hydrogen-bond acceptors (Lipinski definition) is 2. The molecule has 0 aromatic carbocycles. The molecule has 2 aliphatic rings. The van der Waals surface area contributed by atoms with E-state index >= 15 is 0 Å². The Kier molecular flexibility index (Phi) is 4.94. The maximum atomic E-state index is 5.83. The Balaban J connectivity index is 1.53. The number of ether oxygens (including phenoxy) is 2. The minimum absolute atomic E-state index is 0.669. The van der Waals surface area contributed by atoms with E-state index in [1.54, 1.807) is 0 Å². The first-order valence-electron chi connectivity index (χ1n) is 6.60. The maximum Gasteiger partial charge on any atom is 0.0516 e. The number of rotatable bonds is 4. The fourth-order valence-electron chi connectivity index (χ4n) is 2.69. The maximum absolute atomic E-state index is 5.83. The molecule has 0 unspecified atom stereocenters. The first-order chi connectivity index (χ1) is 7.45. The molecule has 0 N–H and O–H groups in total. The van der Waals surface area contributed by atoms with Crippen LogP contribution in [0.1, 0.15) is 44.9 Å². The van der Waals surface area contributed by atoms with Crippen LogP contribution in [0.4, 0.5) is 0 Å². The van der Waals surface area contributed by atoms with E-state index in [1.165, 1.54) is 44.9 Å². The van der Waals surface area contributed by atoms with Gasteiger partial charge in [-0.25, -0.2) is 0 Å². The summed E-state index contributed by atoms with van der Waals surface area (Å²) >= 11 is 0. The summed E-state index contributed by atoms with van der Waals surface area (Å²) in [6, 6.07) is 0. The Morgan fingerprint density at radius 2 is 1.60 bits per heavy atom. The Morgan fingerprint density at radius 1 is 0.867 bits per heavy atom. The highest BCUT2D eigenvalue weighted by Gasteiger charge is 2.16. The Hall–Kier alpha value is -0.0800. The first-order valence-corrected chi connectivity index (χ1v) is 6.60. The van der Waals surface area contributed by atoms with Crippen molar-refractivity contribution in [2.75, 3.05) is 26.4 Å². The summed E-state index contributed by atoms with van der Waals surface area (Å²) in [5.41, 5.74) is 0. The topological polar surface area (TPSA) is 18.5 Å². The van der Waals surface area contributed by atoms with Crippen LogP contribution in [-0.2, 0) is 9.47 Å². The molecule has 0 bridgehead atoms. The molecule has 2 rings (SSSR count). The van der Waals surface area contributed by atoms with E-state index in [9.17, 15) is 0 Å². The third kappa shape index (κ3) is 4.12. The average Bonchev–Trinajstić information content (AvgIpc) is 2.32.